The minimum atomic E-state index is -0.0578. The van der Waals surface area contributed by atoms with Crippen LogP contribution in [0.15, 0.2) is 35.8 Å². The van der Waals surface area contributed by atoms with E-state index in [-0.39, 0.29) is 5.56 Å². The van der Waals surface area contributed by atoms with Crippen molar-refractivity contribution in [3.63, 3.8) is 0 Å². The molecule has 3 heterocycles. The molecule has 0 unspecified atom stereocenters. The van der Waals surface area contributed by atoms with Gasteiger partial charge in [0, 0.05) is 25.0 Å². The SMILES string of the molecule is Cc1ncn(CCn2cnc3ncccc3c2=O)c1C. The Bertz CT molecular complexity index is 818. The average Bonchev–Trinajstić information content (AvgIpc) is 2.79. The summed E-state index contributed by atoms with van der Waals surface area (Å²) in [7, 11) is 0. The lowest BCUT2D eigenvalue weighted by Gasteiger charge is -2.08. The van der Waals surface area contributed by atoms with Crippen molar-refractivity contribution in [2.75, 3.05) is 0 Å². The molecule has 6 heteroatoms. The molecule has 0 aliphatic heterocycles. The largest absolute Gasteiger partial charge is 0.333 e. The van der Waals surface area contributed by atoms with Crippen LogP contribution in [0.2, 0.25) is 0 Å². The summed E-state index contributed by atoms with van der Waals surface area (Å²) in [5.41, 5.74) is 2.56. The molecule has 102 valence electrons. The standard InChI is InChI=1S/C14H15N5O/c1-10-11(2)18(8-16-10)6-7-19-9-17-13-12(14(19)20)4-3-5-15-13/h3-5,8-9H,6-7H2,1-2H3. The van der Waals surface area contributed by atoms with Gasteiger partial charge in [-0.05, 0) is 26.0 Å². The number of aryl methyl sites for hydroxylation is 3. The van der Waals surface area contributed by atoms with E-state index in [1.807, 2.05) is 18.4 Å². The molecule has 0 N–H and O–H groups in total. The Labute approximate surface area is 115 Å². The molecule has 20 heavy (non-hydrogen) atoms. The number of hydrogen-bond acceptors (Lipinski definition) is 4. The third-order valence-corrected chi connectivity index (χ3v) is 3.52. The van der Waals surface area contributed by atoms with Crippen molar-refractivity contribution < 1.29 is 0 Å². The number of rotatable bonds is 3. The number of hydrogen-bond donors (Lipinski definition) is 0. The van der Waals surface area contributed by atoms with E-state index < -0.39 is 0 Å². The third-order valence-electron chi connectivity index (χ3n) is 3.52. The Kier molecular flexibility index (Phi) is 3.06. The second kappa shape index (κ2) is 4.88. The average molecular weight is 269 g/mol. The Morgan fingerprint density at radius 2 is 1.80 bits per heavy atom. The Balaban J connectivity index is 1.90. The van der Waals surface area contributed by atoms with Crippen molar-refractivity contribution in [3.05, 3.63) is 52.7 Å². The molecule has 0 aromatic carbocycles. The van der Waals surface area contributed by atoms with E-state index in [0.717, 1.165) is 11.4 Å². The summed E-state index contributed by atoms with van der Waals surface area (Å²) in [6.45, 7) is 5.25. The molecule has 0 aliphatic rings. The minimum absolute atomic E-state index is 0.0578. The van der Waals surface area contributed by atoms with E-state index in [4.69, 9.17) is 0 Å². The highest BCUT2D eigenvalue weighted by Crippen LogP contribution is 2.05. The molecule has 3 rings (SSSR count). The van der Waals surface area contributed by atoms with Crippen molar-refractivity contribution in [2.45, 2.75) is 26.9 Å². The van der Waals surface area contributed by atoms with E-state index in [1.54, 1.807) is 35.6 Å². The molecule has 0 amide bonds. The van der Waals surface area contributed by atoms with Crippen molar-refractivity contribution in [3.8, 4) is 0 Å². The number of aromatic nitrogens is 5. The normalized spacial score (nSPS) is 11.1. The summed E-state index contributed by atoms with van der Waals surface area (Å²) in [4.78, 5) is 24.8. The first-order valence-electron chi connectivity index (χ1n) is 6.45. The van der Waals surface area contributed by atoms with Crippen LogP contribution in [-0.2, 0) is 13.1 Å². The van der Waals surface area contributed by atoms with Gasteiger partial charge in [-0.1, -0.05) is 0 Å². The molecule has 0 saturated carbocycles. The van der Waals surface area contributed by atoms with E-state index in [2.05, 4.69) is 15.0 Å². The lowest BCUT2D eigenvalue weighted by molar-refractivity contribution is 0.553. The van der Waals surface area contributed by atoms with Gasteiger partial charge in [-0.15, -0.1) is 0 Å². The van der Waals surface area contributed by atoms with Crippen molar-refractivity contribution in [2.24, 2.45) is 0 Å². The molecule has 3 aromatic rings. The molecule has 0 saturated heterocycles. The molecule has 3 aromatic heterocycles. The first kappa shape index (κ1) is 12.5. The van der Waals surface area contributed by atoms with E-state index in [1.165, 1.54) is 0 Å². The summed E-state index contributed by atoms with van der Waals surface area (Å²) in [5.74, 6) is 0. The van der Waals surface area contributed by atoms with Crippen molar-refractivity contribution in [1.82, 2.24) is 24.1 Å². The van der Waals surface area contributed by atoms with Crippen LogP contribution in [0.4, 0.5) is 0 Å². The van der Waals surface area contributed by atoms with E-state index >= 15 is 0 Å². The quantitative estimate of drug-likeness (QED) is 0.719. The maximum atomic E-state index is 12.3. The van der Waals surface area contributed by atoms with Gasteiger partial charge in [0.05, 0.1) is 17.4 Å². The molecule has 6 nitrogen and oxygen atoms in total. The summed E-state index contributed by atoms with van der Waals surface area (Å²) in [6, 6.07) is 3.50. The van der Waals surface area contributed by atoms with Crippen LogP contribution in [-0.4, -0.2) is 24.1 Å². The van der Waals surface area contributed by atoms with Crippen molar-refractivity contribution in [1.29, 1.82) is 0 Å². The molecular weight excluding hydrogens is 254 g/mol. The highest BCUT2D eigenvalue weighted by molar-refractivity contribution is 5.72. The lowest BCUT2D eigenvalue weighted by Crippen LogP contribution is -2.23. The van der Waals surface area contributed by atoms with Crippen LogP contribution in [0.1, 0.15) is 11.4 Å². The van der Waals surface area contributed by atoms with Crippen LogP contribution in [0, 0.1) is 13.8 Å². The molecule has 0 fully saturated rings. The van der Waals surface area contributed by atoms with Crippen LogP contribution >= 0.6 is 0 Å². The first-order valence-corrected chi connectivity index (χ1v) is 6.45. The van der Waals surface area contributed by atoms with E-state index in [0.29, 0.717) is 24.1 Å². The summed E-state index contributed by atoms with van der Waals surface area (Å²) in [6.07, 6.45) is 4.99. The highest BCUT2D eigenvalue weighted by Gasteiger charge is 2.06. The Morgan fingerprint density at radius 3 is 2.55 bits per heavy atom. The second-order valence-electron chi connectivity index (χ2n) is 4.73. The zero-order chi connectivity index (χ0) is 14.1. The van der Waals surface area contributed by atoms with Gasteiger partial charge in [0.1, 0.15) is 6.33 Å². The number of fused-ring (bicyclic) bond motifs is 1. The predicted molar refractivity (Wildman–Crippen MR) is 75.5 cm³/mol. The molecule has 0 aliphatic carbocycles. The van der Waals surface area contributed by atoms with Gasteiger partial charge in [-0.2, -0.15) is 0 Å². The maximum Gasteiger partial charge on any atom is 0.262 e. The van der Waals surface area contributed by atoms with Gasteiger partial charge in [0.25, 0.3) is 5.56 Å². The monoisotopic (exact) mass is 269 g/mol. The molecular formula is C14H15N5O. The summed E-state index contributed by atoms with van der Waals surface area (Å²) in [5, 5.41) is 0.550. The number of nitrogens with zero attached hydrogens (tertiary/aromatic N) is 5. The fourth-order valence-electron chi connectivity index (χ4n) is 2.14. The van der Waals surface area contributed by atoms with Gasteiger partial charge in [0.15, 0.2) is 5.65 Å². The summed E-state index contributed by atoms with van der Waals surface area (Å²) < 4.78 is 3.65. The molecule has 0 bridgehead atoms. The van der Waals surface area contributed by atoms with Crippen molar-refractivity contribution >= 4 is 11.0 Å². The molecule has 0 atom stereocenters. The topological polar surface area (TPSA) is 65.6 Å². The Hall–Kier alpha value is -2.50. The number of pyridine rings is 1. The first-order chi connectivity index (χ1) is 9.66. The molecule has 0 spiro atoms. The third kappa shape index (κ3) is 2.09. The van der Waals surface area contributed by atoms with Crippen LogP contribution < -0.4 is 5.56 Å². The van der Waals surface area contributed by atoms with E-state index in [9.17, 15) is 4.79 Å². The van der Waals surface area contributed by atoms with Crippen LogP contribution in [0.25, 0.3) is 11.0 Å². The van der Waals surface area contributed by atoms with Crippen LogP contribution in [0.3, 0.4) is 0 Å². The minimum Gasteiger partial charge on any atom is -0.333 e. The second-order valence-corrected chi connectivity index (χ2v) is 4.73. The number of imidazole rings is 1. The summed E-state index contributed by atoms with van der Waals surface area (Å²) >= 11 is 0. The van der Waals surface area contributed by atoms with Gasteiger partial charge in [-0.25, -0.2) is 15.0 Å². The predicted octanol–water partition coefficient (Wildman–Crippen LogP) is 1.31. The van der Waals surface area contributed by atoms with Gasteiger partial charge in [-0.3, -0.25) is 9.36 Å². The van der Waals surface area contributed by atoms with Gasteiger partial charge < -0.3 is 4.57 Å². The van der Waals surface area contributed by atoms with Crippen LogP contribution in [0.5, 0.6) is 0 Å². The molecule has 0 radical (unpaired) electrons. The fourth-order valence-corrected chi connectivity index (χ4v) is 2.14. The van der Waals surface area contributed by atoms with Gasteiger partial charge in [0.2, 0.25) is 0 Å². The zero-order valence-electron chi connectivity index (χ0n) is 11.4. The highest BCUT2D eigenvalue weighted by atomic mass is 16.1. The Morgan fingerprint density at radius 1 is 1.05 bits per heavy atom. The zero-order valence-corrected chi connectivity index (χ0v) is 11.4. The smallest absolute Gasteiger partial charge is 0.262 e. The fraction of sp³-hybridized carbons (Fsp3) is 0.286. The van der Waals surface area contributed by atoms with Gasteiger partial charge >= 0.3 is 0 Å². The maximum absolute atomic E-state index is 12.3. The lowest BCUT2D eigenvalue weighted by atomic mass is 10.3.